The van der Waals surface area contributed by atoms with Gasteiger partial charge in [-0.1, -0.05) is 31.9 Å². The van der Waals surface area contributed by atoms with E-state index < -0.39 is 37.0 Å². The first-order valence-corrected chi connectivity index (χ1v) is 17.8. The second kappa shape index (κ2) is 23.6. The minimum Gasteiger partial charge on any atom is -1.00 e. The van der Waals surface area contributed by atoms with E-state index in [-0.39, 0.29) is 80.9 Å². The summed E-state index contributed by atoms with van der Waals surface area (Å²) in [5.74, 6) is -2.29. The van der Waals surface area contributed by atoms with E-state index in [1.165, 1.54) is 55.3 Å². The maximum absolute atomic E-state index is 13.5. The van der Waals surface area contributed by atoms with Crippen molar-refractivity contribution in [2.45, 2.75) is 27.7 Å². The number of carbonyl (C=O) groups is 3. The molecule has 266 valence electrons. The Morgan fingerprint density at radius 1 is 0.780 bits per heavy atom. The zero-order chi connectivity index (χ0) is 36.4. The molecule has 2 aromatic heterocycles. The molecule has 0 spiro atoms. The molecule has 0 fully saturated rings. The first-order chi connectivity index (χ1) is 23.3. The van der Waals surface area contributed by atoms with Crippen molar-refractivity contribution in [2.24, 2.45) is 0 Å². The van der Waals surface area contributed by atoms with Gasteiger partial charge in [-0.25, -0.2) is 23.5 Å². The molecule has 50 heavy (non-hydrogen) atoms. The third kappa shape index (κ3) is 16.0. The number of nitrogens with zero attached hydrogens (tertiary/aromatic N) is 2. The summed E-state index contributed by atoms with van der Waals surface area (Å²) in [4.78, 5) is 42.0. The van der Waals surface area contributed by atoms with Crippen molar-refractivity contribution in [3.63, 3.8) is 0 Å². The van der Waals surface area contributed by atoms with E-state index in [1.807, 2.05) is 0 Å². The Morgan fingerprint density at radius 2 is 1.28 bits per heavy atom. The van der Waals surface area contributed by atoms with Gasteiger partial charge < -0.3 is 28.8 Å². The third-order valence-electron chi connectivity index (χ3n) is 5.42. The molecule has 0 aliphatic carbocycles. The van der Waals surface area contributed by atoms with Crippen LogP contribution in [0.1, 0.15) is 56.8 Å². The van der Waals surface area contributed by atoms with Gasteiger partial charge in [0, 0.05) is 20.6 Å². The summed E-state index contributed by atoms with van der Waals surface area (Å²) in [6.07, 6.45) is 6.40. The van der Waals surface area contributed by atoms with Crippen LogP contribution in [0, 0.1) is 11.6 Å². The van der Waals surface area contributed by atoms with Crippen LogP contribution >= 0.6 is 39.5 Å². The predicted molar refractivity (Wildman–Crippen MR) is 182 cm³/mol. The molecule has 0 saturated heterocycles. The summed E-state index contributed by atoms with van der Waals surface area (Å²) in [6.45, 7) is 7.78. The van der Waals surface area contributed by atoms with Crippen molar-refractivity contribution in [1.82, 2.24) is 9.97 Å². The van der Waals surface area contributed by atoms with Crippen LogP contribution in [0.2, 0.25) is 0 Å². The number of benzene rings is 2. The number of carbonyl (C=O) groups excluding carboxylic acids is 3. The maximum Gasteiger partial charge on any atom is 1.00 e. The number of aromatic nitrogens is 2. The number of ketones is 1. The molecule has 4 aromatic rings. The average molecular weight is 858 g/mol. The van der Waals surface area contributed by atoms with Crippen LogP contribution in [0.15, 0.2) is 85.2 Å². The van der Waals surface area contributed by atoms with Crippen LogP contribution in [-0.4, -0.2) is 60.3 Å². The van der Waals surface area contributed by atoms with E-state index in [0.717, 1.165) is 6.07 Å². The van der Waals surface area contributed by atoms with E-state index in [9.17, 15) is 27.7 Å². The Labute approximate surface area is 327 Å². The fourth-order valence-corrected chi connectivity index (χ4v) is 6.05. The van der Waals surface area contributed by atoms with Gasteiger partial charge in [-0.05, 0) is 69.7 Å². The van der Waals surface area contributed by atoms with Crippen LogP contribution < -0.4 is 29.6 Å². The first-order valence-electron chi connectivity index (χ1n) is 14.5. The third-order valence-corrected chi connectivity index (χ3v) is 8.28. The zero-order valence-electron chi connectivity index (χ0n) is 28.8. The molecule has 0 atom stereocenters. The van der Waals surface area contributed by atoms with Gasteiger partial charge >= 0.3 is 49.1 Å². The van der Waals surface area contributed by atoms with Crippen LogP contribution in [0.3, 0.4) is 0 Å². The predicted octanol–water partition coefficient (Wildman–Crippen LogP) is 5.31. The molecule has 0 amide bonds. The normalized spacial score (nSPS) is 10.8. The Hall–Kier alpha value is -2.82. The van der Waals surface area contributed by atoms with Crippen molar-refractivity contribution in [3.05, 3.63) is 111 Å². The van der Waals surface area contributed by atoms with Gasteiger partial charge in [0.05, 0.1) is 44.4 Å². The fraction of sp³-hybridized carbons (Fsp3) is 0.281. The van der Waals surface area contributed by atoms with E-state index in [4.69, 9.17) is 22.6 Å². The number of esters is 2. The Morgan fingerprint density at radius 3 is 1.74 bits per heavy atom. The van der Waals surface area contributed by atoms with Crippen LogP contribution in [-0.2, 0) is 32.7 Å². The quantitative estimate of drug-likeness (QED) is 0.0563. The molecular formula is C32H34Br2F2N2NaO10P. The standard InChI is InChI=1S/C14H11BrFNO3.C10H5BrFNO2.C8H17O5P.Na.H/c1-2-19-13(18)8-12(14-17-3-4-20-14)9-5-10(15)7-11(16)6-9;11-7-3-6(4-8(12)5-7)9(14)10-13-1-2-15-10;1-4-11-8(9)7-14(10,12-5-2)13-6-3;;/h3-8H,2H2,1H3;1-5H;4-7H2,1-3H3;;/q;;;+1;-1/b12-8-;;;;. The largest absolute Gasteiger partial charge is 1.00 e. The number of ether oxygens (including phenoxy) is 2. The van der Waals surface area contributed by atoms with Crippen molar-refractivity contribution in [1.29, 1.82) is 0 Å². The molecule has 0 radical (unpaired) electrons. The summed E-state index contributed by atoms with van der Waals surface area (Å²) in [5, 5.41) is 0. The van der Waals surface area contributed by atoms with Crippen LogP contribution in [0.5, 0.6) is 0 Å². The van der Waals surface area contributed by atoms with Gasteiger partial charge in [-0.15, -0.1) is 0 Å². The Balaban J connectivity index is 0.000000737. The molecule has 12 nitrogen and oxygen atoms in total. The maximum atomic E-state index is 13.5. The smallest absolute Gasteiger partial charge is 1.00 e. The molecule has 18 heteroatoms. The van der Waals surface area contributed by atoms with Gasteiger partial charge in [-0.2, -0.15) is 0 Å². The van der Waals surface area contributed by atoms with Gasteiger partial charge in [0.1, 0.15) is 30.3 Å². The molecular weight excluding hydrogens is 824 g/mol. The van der Waals surface area contributed by atoms with Crippen molar-refractivity contribution in [2.75, 3.05) is 32.6 Å². The van der Waals surface area contributed by atoms with Gasteiger partial charge in [0.2, 0.25) is 11.7 Å². The zero-order valence-corrected chi connectivity index (χ0v) is 33.9. The van der Waals surface area contributed by atoms with E-state index in [2.05, 4.69) is 46.6 Å². The molecule has 0 saturated carbocycles. The summed E-state index contributed by atoms with van der Waals surface area (Å²) in [6, 6.07) is 8.19. The molecule has 4 rings (SSSR count). The molecule has 0 unspecified atom stereocenters. The van der Waals surface area contributed by atoms with Crippen LogP contribution in [0.25, 0.3) is 5.57 Å². The Kier molecular flexibility index (Phi) is 21.3. The van der Waals surface area contributed by atoms with Crippen molar-refractivity contribution >= 4 is 62.8 Å². The Bertz CT molecular complexity index is 1700. The molecule has 0 aliphatic rings. The van der Waals surface area contributed by atoms with Gasteiger partial charge in [0.15, 0.2) is 0 Å². The SMILES string of the molecule is CCOC(=O)/C=C(/c1cc(F)cc(Br)c1)c1ncco1.CCOC(=O)CP(=O)(OCC)OCC.O=C(c1cc(F)cc(Br)c1)c1ncco1.[H-].[Na+]. The van der Waals surface area contributed by atoms with Crippen LogP contribution in [0.4, 0.5) is 8.78 Å². The molecule has 0 aliphatic heterocycles. The number of hydrogen-bond acceptors (Lipinski definition) is 12. The summed E-state index contributed by atoms with van der Waals surface area (Å²) >= 11 is 6.31. The second-order valence-electron chi connectivity index (χ2n) is 9.04. The molecule has 0 N–H and O–H groups in total. The van der Waals surface area contributed by atoms with E-state index in [1.54, 1.807) is 33.8 Å². The van der Waals surface area contributed by atoms with E-state index in [0.29, 0.717) is 20.1 Å². The molecule has 0 bridgehead atoms. The monoisotopic (exact) mass is 856 g/mol. The average Bonchev–Trinajstić information content (AvgIpc) is 3.75. The summed E-state index contributed by atoms with van der Waals surface area (Å²) in [7, 11) is -3.28. The number of halogens is 4. The fourth-order valence-electron chi connectivity index (χ4n) is 3.67. The summed E-state index contributed by atoms with van der Waals surface area (Å²) < 4.78 is 68.7. The number of hydrogen-bond donors (Lipinski definition) is 0. The minimum absolute atomic E-state index is 0. The molecule has 2 aromatic carbocycles. The second-order valence-corrected chi connectivity index (χ2v) is 12.9. The van der Waals surface area contributed by atoms with Gasteiger partial charge in [-0.3, -0.25) is 14.2 Å². The van der Waals surface area contributed by atoms with Crippen molar-refractivity contribution in [3.8, 4) is 0 Å². The summed E-state index contributed by atoms with van der Waals surface area (Å²) in [5.41, 5.74) is 1.02. The number of oxazole rings is 2. The first kappa shape index (κ1) is 45.2. The van der Waals surface area contributed by atoms with Crippen molar-refractivity contribution < 1.29 is 86.1 Å². The molecule has 2 heterocycles. The topological polar surface area (TPSA) is 157 Å². The van der Waals surface area contributed by atoms with Gasteiger partial charge in [0.25, 0.3) is 5.89 Å². The number of rotatable bonds is 13. The van der Waals surface area contributed by atoms with E-state index >= 15 is 0 Å². The minimum atomic E-state index is -3.28.